The third kappa shape index (κ3) is 46.9. The van der Waals surface area contributed by atoms with Crippen molar-refractivity contribution in [1.29, 1.82) is 0 Å². The van der Waals surface area contributed by atoms with Gasteiger partial charge in [-0.2, -0.15) is 0 Å². The van der Waals surface area contributed by atoms with Gasteiger partial charge in [0.2, 0.25) is 0 Å². The predicted octanol–water partition coefficient (Wildman–Crippen LogP) is 16.1. The first kappa shape index (κ1) is 57.8. The van der Waals surface area contributed by atoms with Gasteiger partial charge in [-0.3, -0.25) is 14.4 Å². The molecule has 0 rings (SSSR count). The van der Waals surface area contributed by atoms with Crippen molar-refractivity contribution in [3.05, 3.63) is 122 Å². The summed E-state index contributed by atoms with van der Waals surface area (Å²) in [6.45, 7) is 6.30. The molecule has 0 aliphatic heterocycles. The van der Waals surface area contributed by atoms with Gasteiger partial charge in [0.05, 0.1) is 0 Å². The van der Waals surface area contributed by atoms with Crippen LogP contribution in [0.1, 0.15) is 194 Å². The Morgan fingerprint density at radius 3 is 1.10 bits per heavy atom. The lowest BCUT2D eigenvalue weighted by Gasteiger charge is -2.18. The molecule has 0 fully saturated rings. The number of carbonyl (C=O) groups excluding carboxylic acids is 3. The molecule has 0 radical (unpaired) electrons. The van der Waals surface area contributed by atoms with Gasteiger partial charge in [-0.1, -0.05) is 245 Å². The molecule has 0 N–H and O–H groups in total. The molecule has 0 heterocycles. The van der Waals surface area contributed by atoms with Crippen LogP contribution in [0.2, 0.25) is 0 Å². The lowest BCUT2D eigenvalue weighted by Crippen LogP contribution is -2.30. The fourth-order valence-corrected chi connectivity index (χ4v) is 6.27. The number of allylic oxidation sites excluding steroid dienone is 20. The van der Waals surface area contributed by atoms with Gasteiger partial charge in [-0.05, 0) is 51.4 Å². The maximum Gasteiger partial charge on any atom is 0.306 e. The van der Waals surface area contributed by atoms with Gasteiger partial charge >= 0.3 is 17.9 Å². The summed E-state index contributed by atoms with van der Waals surface area (Å²) in [7, 11) is 0. The van der Waals surface area contributed by atoms with E-state index >= 15 is 0 Å². The zero-order valence-corrected chi connectivity index (χ0v) is 39.6. The van der Waals surface area contributed by atoms with Crippen molar-refractivity contribution in [2.75, 3.05) is 13.2 Å². The number of hydrogen-bond donors (Lipinski definition) is 0. The Bertz CT molecular complexity index is 1350. The summed E-state index contributed by atoms with van der Waals surface area (Å²) in [5.74, 6) is -1.03. The van der Waals surface area contributed by atoms with Gasteiger partial charge in [0.15, 0.2) is 6.10 Å². The van der Waals surface area contributed by atoms with Gasteiger partial charge in [-0.15, -0.1) is 0 Å². The van der Waals surface area contributed by atoms with E-state index in [1.807, 2.05) is 91.1 Å². The SMILES string of the molecule is CC/C=C/C=C/C=C/C=C/C=C/CCCC(=O)OC(COC(=O)CCCCCCC/C=C/C=C/C=C/C=C/C=C/CCC)COC(=O)CCCCCCCCCCCCCCC. The zero-order chi connectivity index (χ0) is 45.1. The van der Waals surface area contributed by atoms with Crippen LogP contribution < -0.4 is 0 Å². The van der Waals surface area contributed by atoms with Gasteiger partial charge in [0, 0.05) is 19.3 Å². The van der Waals surface area contributed by atoms with Crippen molar-refractivity contribution in [2.24, 2.45) is 0 Å². The molecule has 348 valence electrons. The molecule has 0 aromatic rings. The van der Waals surface area contributed by atoms with Crippen molar-refractivity contribution in [1.82, 2.24) is 0 Å². The highest BCUT2D eigenvalue weighted by Crippen LogP contribution is 2.14. The van der Waals surface area contributed by atoms with Crippen LogP contribution in [0.3, 0.4) is 0 Å². The third-order valence-corrected chi connectivity index (χ3v) is 9.94. The number of ether oxygens (including phenoxy) is 3. The van der Waals surface area contributed by atoms with E-state index in [2.05, 4.69) is 51.2 Å². The summed E-state index contributed by atoms with van der Waals surface area (Å²) in [6, 6.07) is 0. The van der Waals surface area contributed by atoms with Crippen molar-refractivity contribution in [2.45, 2.75) is 200 Å². The third-order valence-electron chi connectivity index (χ3n) is 9.94. The highest BCUT2D eigenvalue weighted by atomic mass is 16.6. The van der Waals surface area contributed by atoms with Crippen LogP contribution >= 0.6 is 0 Å². The molecule has 0 aliphatic carbocycles. The molecular weight excluding hydrogens is 769 g/mol. The fourth-order valence-electron chi connectivity index (χ4n) is 6.27. The minimum atomic E-state index is -0.827. The molecule has 0 saturated heterocycles. The van der Waals surface area contributed by atoms with Crippen molar-refractivity contribution in [3.63, 3.8) is 0 Å². The average Bonchev–Trinajstić information content (AvgIpc) is 3.27. The smallest absolute Gasteiger partial charge is 0.306 e. The highest BCUT2D eigenvalue weighted by molar-refractivity contribution is 5.71. The summed E-state index contributed by atoms with van der Waals surface area (Å²) in [5.41, 5.74) is 0. The second kappa shape index (κ2) is 49.5. The molecule has 0 aliphatic rings. The van der Waals surface area contributed by atoms with E-state index in [1.54, 1.807) is 0 Å². The van der Waals surface area contributed by atoms with Crippen LogP contribution in [0.5, 0.6) is 0 Å². The van der Waals surface area contributed by atoms with Crippen LogP contribution in [0.15, 0.2) is 122 Å². The van der Waals surface area contributed by atoms with E-state index in [4.69, 9.17) is 14.2 Å². The van der Waals surface area contributed by atoms with E-state index in [-0.39, 0.29) is 31.6 Å². The largest absolute Gasteiger partial charge is 0.462 e. The van der Waals surface area contributed by atoms with Crippen molar-refractivity contribution >= 4 is 17.9 Å². The normalized spacial score (nSPS) is 13.1. The molecule has 0 aromatic heterocycles. The standard InChI is InChI=1S/C56H88O6/c1-4-7-10-13-16-19-22-25-26-27-28-29-32-34-37-40-43-46-49-55(58)61-52-53(62-56(59)50-47-44-41-38-35-31-24-21-18-15-12-9-6-3)51-60-54(57)48-45-42-39-36-33-30-23-20-17-14-11-8-5-2/h9-10,12-13,15-16,18-19,21-22,24-29,31,35,38,41,53H,4-8,11,14,17,20,23,30,32-34,36-37,39-40,42-52H2,1-3H3/b12-9+,13-10+,18-15+,19-16+,24-21+,25-22+,27-26+,29-28+,35-31+,41-38+. The average molecular weight is 857 g/mol. The summed E-state index contributed by atoms with van der Waals surface area (Å²) in [6.07, 6.45) is 67.5. The van der Waals surface area contributed by atoms with Crippen molar-refractivity contribution < 1.29 is 28.6 Å². The Balaban J connectivity index is 4.55. The summed E-state index contributed by atoms with van der Waals surface area (Å²) in [5, 5.41) is 0. The Labute approximate surface area is 380 Å². The van der Waals surface area contributed by atoms with Gasteiger partial charge in [0.25, 0.3) is 0 Å². The first-order valence-electron chi connectivity index (χ1n) is 24.7. The Hall–Kier alpha value is -4.19. The van der Waals surface area contributed by atoms with E-state index in [1.165, 1.54) is 70.6 Å². The fraction of sp³-hybridized carbons (Fsp3) is 0.589. The van der Waals surface area contributed by atoms with Crippen LogP contribution in [-0.4, -0.2) is 37.2 Å². The van der Waals surface area contributed by atoms with Crippen LogP contribution in [0.4, 0.5) is 0 Å². The van der Waals surface area contributed by atoms with Gasteiger partial charge in [0.1, 0.15) is 13.2 Å². The molecule has 6 heteroatoms. The topological polar surface area (TPSA) is 78.9 Å². The highest BCUT2D eigenvalue weighted by Gasteiger charge is 2.19. The Morgan fingerprint density at radius 1 is 0.339 bits per heavy atom. The van der Waals surface area contributed by atoms with E-state index in [0.29, 0.717) is 19.3 Å². The molecule has 0 saturated carbocycles. The molecule has 1 unspecified atom stereocenters. The number of rotatable bonds is 42. The van der Waals surface area contributed by atoms with E-state index in [0.717, 1.165) is 77.0 Å². The number of unbranched alkanes of at least 4 members (excludes halogenated alkanes) is 19. The Morgan fingerprint density at radius 2 is 0.677 bits per heavy atom. The second-order valence-electron chi connectivity index (χ2n) is 15.9. The summed E-state index contributed by atoms with van der Waals surface area (Å²) < 4.78 is 16.7. The Kier molecular flexibility index (Phi) is 46.1. The number of esters is 3. The maximum atomic E-state index is 12.7. The van der Waals surface area contributed by atoms with Crippen LogP contribution in [0.25, 0.3) is 0 Å². The molecule has 1 atom stereocenters. The maximum absolute atomic E-state index is 12.7. The molecule has 62 heavy (non-hydrogen) atoms. The minimum absolute atomic E-state index is 0.117. The zero-order valence-electron chi connectivity index (χ0n) is 39.6. The molecule has 0 amide bonds. The summed E-state index contributed by atoms with van der Waals surface area (Å²) >= 11 is 0. The van der Waals surface area contributed by atoms with E-state index < -0.39 is 12.1 Å². The number of carbonyl (C=O) groups is 3. The first-order valence-corrected chi connectivity index (χ1v) is 24.7. The minimum Gasteiger partial charge on any atom is -0.462 e. The quantitative estimate of drug-likeness (QED) is 0.0263. The van der Waals surface area contributed by atoms with Gasteiger partial charge in [-0.25, -0.2) is 0 Å². The summed E-state index contributed by atoms with van der Waals surface area (Å²) in [4.78, 5) is 37.9. The van der Waals surface area contributed by atoms with Crippen LogP contribution in [0, 0.1) is 0 Å². The molecule has 0 aromatic carbocycles. The lowest BCUT2D eigenvalue weighted by molar-refractivity contribution is -0.167. The first-order chi connectivity index (χ1) is 30.5. The van der Waals surface area contributed by atoms with Crippen molar-refractivity contribution in [3.8, 4) is 0 Å². The monoisotopic (exact) mass is 857 g/mol. The molecule has 0 bridgehead atoms. The molecule has 0 spiro atoms. The lowest BCUT2D eigenvalue weighted by atomic mass is 10.0. The second-order valence-corrected chi connectivity index (χ2v) is 15.9. The van der Waals surface area contributed by atoms with Gasteiger partial charge < -0.3 is 14.2 Å². The predicted molar refractivity (Wildman–Crippen MR) is 265 cm³/mol. The number of hydrogen-bond acceptors (Lipinski definition) is 6. The van der Waals surface area contributed by atoms with Crippen LogP contribution in [-0.2, 0) is 28.6 Å². The van der Waals surface area contributed by atoms with E-state index in [9.17, 15) is 14.4 Å². The molecular formula is C56H88O6. The molecule has 6 nitrogen and oxygen atoms in total.